The summed E-state index contributed by atoms with van der Waals surface area (Å²) in [6.45, 7) is 8.21. The van der Waals surface area contributed by atoms with E-state index < -0.39 is 12.1 Å². The largest absolute Gasteiger partial charge is 0.392 e. The Labute approximate surface area is 218 Å². The van der Waals surface area contributed by atoms with Crippen molar-refractivity contribution in [3.8, 4) is 0 Å². The molecule has 0 radical (unpaired) electrons. The second kappa shape index (κ2) is 11.6. The standard InChI is InChI=1S/C29H38N2O6/c1-20-26(18-31-13-11-29(12-14-31)34-15-16-35-29)36-28(25-9-3-22(4-10-25)17-30-21(2)33)37-27(20)24-7-5-23(19-32)6-8-24/h3-10,20,26-28,32H,11-19H2,1-2H3,(H,30,33)/t20-,26+,27+,28+/m1/s1. The number of benzene rings is 2. The molecule has 2 aromatic carbocycles. The smallest absolute Gasteiger partial charge is 0.217 e. The van der Waals surface area contributed by atoms with Crippen LogP contribution >= 0.6 is 0 Å². The predicted molar refractivity (Wildman–Crippen MR) is 137 cm³/mol. The van der Waals surface area contributed by atoms with Crippen LogP contribution in [0.15, 0.2) is 48.5 Å². The molecule has 3 fully saturated rings. The Bertz CT molecular complexity index is 1030. The molecular weight excluding hydrogens is 472 g/mol. The number of nitrogens with one attached hydrogen (secondary N) is 1. The number of hydrogen-bond acceptors (Lipinski definition) is 7. The molecule has 0 unspecified atom stereocenters. The van der Waals surface area contributed by atoms with Crippen LogP contribution in [-0.4, -0.2) is 60.7 Å². The Morgan fingerprint density at radius 3 is 2.22 bits per heavy atom. The van der Waals surface area contributed by atoms with Gasteiger partial charge in [-0.1, -0.05) is 55.5 Å². The minimum Gasteiger partial charge on any atom is -0.392 e. The second-order valence-electron chi connectivity index (χ2n) is 10.4. The molecule has 3 saturated heterocycles. The number of amides is 1. The van der Waals surface area contributed by atoms with E-state index in [4.69, 9.17) is 18.9 Å². The molecule has 8 nitrogen and oxygen atoms in total. The summed E-state index contributed by atoms with van der Waals surface area (Å²) in [5, 5.41) is 12.3. The van der Waals surface area contributed by atoms with Gasteiger partial charge in [0.25, 0.3) is 0 Å². The highest BCUT2D eigenvalue weighted by molar-refractivity contribution is 5.72. The molecule has 1 spiro atoms. The van der Waals surface area contributed by atoms with Gasteiger partial charge in [-0.15, -0.1) is 0 Å². The number of ether oxygens (including phenoxy) is 4. The van der Waals surface area contributed by atoms with Crippen LogP contribution < -0.4 is 5.32 Å². The Hall–Kier alpha value is -2.33. The van der Waals surface area contributed by atoms with E-state index in [2.05, 4.69) is 17.1 Å². The third-order valence-electron chi connectivity index (χ3n) is 7.79. The molecule has 8 heteroatoms. The third kappa shape index (κ3) is 6.22. The van der Waals surface area contributed by atoms with Crippen molar-refractivity contribution in [2.75, 3.05) is 32.8 Å². The van der Waals surface area contributed by atoms with E-state index in [1.54, 1.807) is 0 Å². The molecule has 1 amide bonds. The van der Waals surface area contributed by atoms with Crippen molar-refractivity contribution >= 4 is 5.91 Å². The first-order chi connectivity index (χ1) is 17.9. The molecule has 0 aromatic heterocycles. The lowest BCUT2D eigenvalue weighted by atomic mass is 9.89. The van der Waals surface area contributed by atoms with Crippen LogP contribution in [0.1, 0.15) is 61.3 Å². The summed E-state index contributed by atoms with van der Waals surface area (Å²) in [5.74, 6) is -0.313. The van der Waals surface area contributed by atoms with Crippen LogP contribution in [0.2, 0.25) is 0 Å². The molecule has 4 atom stereocenters. The van der Waals surface area contributed by atoms with E-state index in [9.17, 15) is 9.90 Å². The maximum Gasteiger partial charge on any atom is 0.217 e. The number of hydrogen-bond donors (Lipinski definition) is 2. The summed E-state index contributed by atoms with van der Waals surface area (Å²) in [5.41, 5.74) is 3.93. The molecule has 37 heavy (non-hydrogen) atoms. The highest BCUT2D eigenvalue weighted by Crippen LogP contribution is 2.42. The van der Waals surface area contributed by atoms with Gasteiger partial charge in [-0.3, -0.25) is 4.79 Å². The van der Waals surface area contributed by atoms with Crippen molar-refractivity contribution in [2.24, 2.45) is 5.92 Å². The van der Waals surface area contributed by atoms with Crippen LogP contribution in [0.4, 0.5) is 0 Å². The lowest BCUT2D eigenvalue weighted by Gasteiger charge is -2.44. The highest BCUT2D eigenvalue weighted by atomic mass is 16.7. The number of piperidine rings is 1. The zero-order chi connectivity index (χ0) is 25.8. The predicted octanol–water partition coefficient (Wildman–Crippen LogP) is 3.45. The van der Waals surface area contributed by atoms with Crippen LogP contribution in [0.25, 0.3) is 0 Å². The number of aliphatic hydroxyl groups excluding tert-OH is 1. The Morgan fingerprint density at radius 2 is 1.59 bits per heavy atom. The molecule has 0 aliphatic carbocycles. The Morgan fingerprint density at radius 1 is 0.973 bits per heavy atom. The van der Waals surface area contributed by atoms with Gasteiger partial charge in [0.1, 0.15) is 0 Å². The number of nitrogens with zero attached hydrogens (tertiary/aromatic N) is 1. The quantitative estimate of drug-likeness (QED) is 0.590. The van der Waals surface area contributed by atoms with Gasteiger partial charge in [0.05, 0.1) is 32.0 Å². The van der Waals surface area contributed by atoms with Gasteiger partial charge in [-0.2, -0.15) is 0 Å². The first-order valence-electron chi connectivity index (χ1n) is 13.3. The highest BCUT2D eigenvalue weighted by Gasteiger charge is 2.43. The van der Waals surface area contributed by atoms with E-state index in [0.717, 1.165) is 54.7 Å². The SMILES string of the molecule is CC(=O)NCc1ccc([C@H]2O[C@@H](CN3CCC4(CC3)OCCO4)[C@@H](C)[C@@H](c3ccc(CO)cc3)O2)cc1. The maximum atomic E-state index is 11.3. The summed E-state index contributed by atoms with van der Waals surface area (Å²) in [6, 6.07) is 16.0. The second-order valence-corrected chi connectivity index (χ2v) is 10.4. The van der Waals surface area contributed by atoms with Gasteiger partial charge in [0, 0.05) is 57.4 Å². The number of rotatable bonds is 7. The maximum absolute atomic E-state index is 11.3. The first kappa shape index (κ1) is 26.3. The first-order valence-corrected chi connectivity index (χ1v) is 13.3. The molecule has 3 aliphatic heterocycles. The monoisotopic (exact) mass is 510 g/mol. The molecule has 3 aliphatic rings. The molecule has 3 heterocycles. The van der Waals surface area contributed by atoms with E-state index in [1.807, 2.05) is 48.5 Å². The fourth-order valence-electron chi connectivity index (χ4n) is 5.46. The molecule has 5 rings (SSSR count). The zero-order valence-corrected chi connectivity index (χ0v) is 21.7. The number of carbonyl (C=O) groups excluding carboxylic acids is 1. The van der Waals surface area contributed by atoms with Crippen LogP contribution in [0, 0.1) is 5.92 Å². The van der Waals surface area contributed by atoms with Gasteiger partial charge in [0.2, 0.25) is 5.91 Å². The topological polar surface area (TPSA) is 89.5 Å². The Balaban J connectivity index is 1.32. The third-order valence-corrected chi connectivity index (χ3v) is 7.79. The van der Waals surface area contributed by atoms with Crippen molar-refractivity contribution in [1.82, 2.24) is 10.2 Å². The summed E-state index contributed by atoms with van der Waals surface area (Å²) in [4.78, 5) is 13.7. The van der Waals surface area contributed by atoms with Crippen LogP contribution in [0.5, 0.6) is 0 Å². The normalized spacial score (nSPS) is 27.9. The lowest BCUT2D eigenvalue weighted by molar-refractivity contribution is -0.278. The lowest BCUT2D eigenvalue weighted by Crippen LogP contribution is -2.50. The number of aliphatic hydroxyl groups is 1. The zero-order valence-electron chi connectivity index (χ0n) is 21.7. The summed E-state index contributed by atoms with van der Waals surface area (Å²) < 4.78 is 25.0. The van der Waals surface area contributed by atoms with E-state index >= 15 is 0 Å². The minimum absolute atomic E-state index is 0.0183. The van der Waals surface area contributed by atoms with E-state index in [-0.39, 0.29) is 30.6 Å². The average Bonchev–Trinajstić information content (AvgIpc) is 3.38. The van der Waals surface area contributed by atoms with E-state index in [1.165, 1.54) is 6.92 Å². The average molecular weight is 511 g/mol. The van der Waals surface area contributed by atoms with Crippen molar-refractivity contribution < 1.29 is 28.8 Å². The molecule has 0 bridgehead atoms. The summed E-state index contributed by atoms with van der Waals surface area (Å²) in [6.07, 6.45) is 1.07. The molecular formula is C29H38N2O6. The van der Waals surface area contributed by atoms with Gasteiger partial charge in [-0.25, -0.2) is 0 Å². The van der Waals surface area contributed by atoms with Crippen LogP contribution in [0.3, 0.4) is 0 Å². The summed E-state index contributed by atoms with van der Waals surface area (Å²) >= 11 is 0. The van der Waals surface area contributed by atoms with Crippen molar-refractivity contribution in [3.63, 3.8) is 0 Å². The van der Waals surface area contributed by atoms with Gasteiger partial charge >= 0.3 is 0 Å². The number of carbonyl (C=O) groups is 1. The van der Waals surface area contributed by atoms with Crippen molar-refractivity contribution in [2.45, 2.75) is 64.1 Å². The molecule has 200 valence electrons. The van der Waals surface area contributed by atoms with E-state index in [0.29, 0.717) is 19.8 Å². The van der Waals surface area contributed by atoms with Gasteiger partial charge < -0.3 is 34.3 Å². The van der Waals surface area contributed by atoms with Gasteiger partial charge in [-0.05, 0) is 16.7 Å². The van der Waals surface area contributed by atoms with Crippen LogP contribution in [-0.2, 0) is 36.9 Å². The Kier molecular flexibility index (Phi) is 8.24. The molecule has 0 saturated carbocycles. The van der Waals surface area contributed by atoms with Gasteiger partial charge in [0.15, 0.2) is 12.1 Å². The number of likely N-dealkylation sites (tertiary alicyclic amines) is 1. The fraction of sp³-hybridized carbons (Fsp3) is 0.552. The van der Waals surface area contributed by atoms with Crippen molar-refractivity contribution in [1.29, 1.82) is 0 Å². The molecule has 2 aromatic rings. The summed E-state index contributed by atoms with van der Waals surface area (Å²) in [7, 11) is 0. The minimum atomic E-state index is -0.504. The molecule has 2 N–H and O–H groups in total. The fourth-order valence-corrected chi connectivity index (χ4v) is 5.46. The van der Waals surface area contributed by atoms with Crippen molar-refractivity contribution in [3.05, 3.63) is 70.8 Å².